The first-order valence-electron chi connectivity index (χ1n) is 10.4. The maximum absolute atomic E-state index is 12.2. The minimum absolute atomic E-state index is 0.0254. The summed E-state index contributed by atoms with van der Waals surface area (Å²) in [5.41, 5.74) is 3.10. The summed E-state index contributed by atoms with van der Waals surface area (Å²) in [6.45, 7) is 4.06. The van der Waals surface area contributed by atoms with E-state index in [9.17, 15) is 18.0 Å². The van der Waals surface area contributed by atoms with Gasteiger partial charge in [-0.15, -0.1) is 6.58 Å². The molecule has 0 aliphatic carbocycles. The van der Waals surface area contributed by atoms with E-state index in [1.165, 1.54) is 6.08 Å². The highest BCUT2D eigenvalue weighted by Gasteiger charge is 2.15. The molecule has 32 heavy (non-hydrogen) atoms. The summed E-state index contributed by atoms with van der Waals surface area (Å²) in [5.74, 6) is 0.460. The molecule has 9 heteroatoms. The minimum Gasteiger partial charge on any atom is -0.494 e. The molecule has 3 N–H and O–H groups in total. The van der Waals surface area contributed by atoms with Gasteiger partial charge in [0.25, 0.3) is 0 Å². The number of hydrogen-bond donors (Lipinski definition) is 3. The molecule has 0 radical (unpaired) electrons. The first kappa shape index (κ1) is 23.5. The van der Waals surface area contributed by atoms with Crippen molar-refractivity contribution in [3.05, 3.63) is 66.2 Å². The van der Waals surface area contributed by atoms with Crippen LogP contribution in [0.2, 0.25) is 0 Å². The standard InChI is InChI=1S/C23H27N3O5S/c1-2-13-24-32(29,30)16-17-5-8-19(9-6-17)25-22(27)4-3-14-31-20-10-11-21-18(15-20)7-12-23(28)26-21/h2,5-6,8-11,15,24H,1,3-4,7,12-14,16H2,(H,25,27)(H,26,28). The van der Waals surface area contributed by atoms with Gasteiger partial charge >= 0.3 is 0 Å². The highest BCUT2D eigenvalue weighted by molar-refractivity contribution is 7.88. The minimum atomic E-state index is -3.42. The first-order valence-corrected chi connectivity index (χ1v) is 12.0. The number of nitrogens with one attached hydrogen (secondary N) is 3. The number of amides is 2. The fraction of sp³-hybridized carbons (Fsp3) is 0.304. The zero-order valence-corrected chi connectivity index (χ0v) is 18.5. The lowest BCUT2D eigenvalue weighted by atomic mass is 10.0. The van der Waals surface area contributed by atoms with Gasteiger partial charge in [-0.2, -0.15) is 0 Å². The van der Waals surface area contributed by atoms with E-state index in [4.69, 9.17) is 4.74 Å². The van der Waals surface area contributed by atoms with Crippen molar-refractivity contribution in [2.24, 2.45) is 0 Å². The zero-order chi connectivity index (χ0) is 23.0. The van der Waals surface area contributed by atoms with Gasteiger partial charge in [-0.05, 0) is 54.3 Å². The topological polar surface area (TPSA) is 114 Å². The van der Waals surface area contributed by atoms with Gasteiger partial charge in [-0.1, -0.05) is 18.2 Å². The van der Waals surface area contributed by atoms with Crippen molar-refractivity contribution in [3.63, 3.8) is 0 Å². The van der Waals surface area contributed by atoms with E-state index in [1.54, 1.807) is 30.3 Å². The van der Waals surface area contributed by atoms with Crippen LogP contribution in [0, 0.1) is 0 Å². The van der Waals surface area contributed by atoms with Crippen molar-refractivity contribution in [1.82, 2.24) is 4.72 Å². The molecule has 1 heterocycles. The van der Waals surface area contributed by atoms with Crippen molar-refractivity contribution in [1.29, 1.82) is 0 Å². The number of carbonyl (C=O) groups excluding carboxylic acids is 2. The van der Waals surface area contributed by atoms with Crippen molar-refractivity contribution in [3.8, 4) is 5.75 Å². The van der Waals surface area contributed by atoms with Gasteiger partial charge in [-0.3, -0.25) is 9.59 Å². The summed E-state index contributed by atoms with van der Waals surface area (Å²) in [4.78, 5) is 23.6. The van der Waals surface area contributed by atoms with Crippen LogP contribution in [0.15, 0.2) is 55.1 Å². The fourth-order valence-corrected chi connectivity index (χ4v) is 4.34. The molecule has 0 fully saturated rings. The van der Waals surface area contributed by atoms with Crippen LogP contribution >= 0.6 is 0 Å². The maximum Gasteiger partial charge on any atom is 0.224 e. The van der Waals surface area contributed by atoms with Crippen LogP contribution in [0.1, 0.15) is 30.4 Å². The smallest absolute Gasteiger partial charge is 0.224 e. The number of rotatable bonds is 11. The van der Waals surface area contributed by atoms with Gasteiger partial charge in [0.05, 0.1) is 12.4 Å². The molecule has 2 amide bonds. The van der Waals surface area contributed by atoms with Crippen LogP contribution in [0.3, 0.4) is 0 Å². The number of aryl methyl sites for hydroxylation is 1. The molecule has 2 aromatic carbocycles. The van der Waals surface area contributed by atoms with E-state index >= 15 is 0 Å². The molecule has 8 nitrogen and oxygen atoms in total. The Kier molecular flexibility index (Phi) is 8.02. The number of benzene rings is 2. The van der Waals surface area contributed by atoms with Crippen molar-refractivity contribution in [2.75, 3.05) is 23.8 Å². The average Bonchev–Trinajstić information content (AvgIpc) is 2.76. The Morgan fingerprint density at radius 3 is 2.69 bits per heavy atom. The first-order chi connectivity index (χ1) is 15.3. The Hall–Kier alpha value is -3.17. The second-order valence-corrected chi connectivity index (χ2v) is 9.27. The van der Waals surface area contributed by atoms with Gasteiger partial charge in [0.15, 0.2) is 0 Å². The van der Waals surface area contributed by atoms with Gasteiger partial charge in [-0.25, -0.2) is 13.1 Å². The molecular weight excluding hydrogens is 430 g/mol. The van der Waals surface area contributed by atoms with Gasteiger partial charge in [0.1, 0.15) is 5.75 Å². The molecule has 170 valence electrons. The lowest BCUT2D eigenvalue weighted by molar-refractivity contribution is -0.117. The van der Waals surface area contributed by atoms with Gasteiger partial charge in [0, 0.05) is 30.8 Å². The van der Waals surface area contributed by atoms with E-state index in [0.29, 0.717) is 49.3 Å². The quantitative estimate of drug-likeness (QED) is 0.355. The summed E-state index contributed by atoms with van der Waals surface area (Å²) in [7, 11) is -3.42. The highest BCUT2D eigenvalue weighted by atomic mass is 32.2. The Bertz CT molecular complexity index is 1080. The SMILES string of the molecule is C=CCNS(=O)(=O)Cc1ccc(NC(=O)CCCOc2ccc3c(c2)CCC(=O)N3)cc1. The van der Waals surface area contributed by atoms with Gasteiger partial charge < -0.3 is 15.4 Å². The summed E-state index contributed by atoms with van der Waals surface area (Å²) in [6.07, 6.45) is 3.48. The molecule has 0 bridgehead atoms. The van der Waals surface area contributed by atoms with E-state index in [2.05, 4.69) is 21.9 Å². The summed E-state index contributed by atoms with van der Waals surface area (Å²) in [6, 6.07) is 12.3. The van der Waals surface area contributed by atoms with Crippen LogP contribution in [0.5, 0.6) is 5.75 Å². The van der Waals surface area contributed by atoms with E-state index in [0.717, 1.165) is 11.3 Å². The number of carbonyl (C=O) groups is 2. The molecule has 1 aliphatic rings. The van der Waals surface area contributed by atoms with E-state index in [-0.39, 0.29) is 24.1 Å². The molecule has 0 aromatic heterocycles. The third kappa shape index (κ3) is 7.21. The van der Waals surface area contributed by atoms with E-state index in [1.807, 2.05) is 12.1 Å². The third-order valence-electron chi connectivity index (χ3n) is 4.83. The third-order valence-corrected chi connectivity index (χ3v) is 6.15. The summed E-state index contributed by atoms with van der Waals surface area (Å²) < 4.78 is 31.9. The Balaban J connectivity index is 1.39. The average molecular weight is 458 g/mol. The lowest BCUT2D eigenvalue weighted by Gasteiger charge is -2.17. The normalized spacial score (nSPS) is 13.1. The Morgan fingerprint density at radius 2 is 1.94 bits per heavy atom. The maximum atomic E-state index is 12.2. The Morgan fingerprint density at radius 1 is 1.16 bits per heavy atom. The van der Waals surface area contributed by atoms with Crippen molar-refractivity contribution >= 4 is 33.2 Å². The predicted molar refractivity (Wildman–Crippen MR) is 124 cm³/mol. The number of ether oxygens (including phenoxy) is 1. The predicted octanol–water partition coefficient (Wildman–Crippen LogP) is 2.97. The molecule has 1 aliphatic heterocycles. The lowest BCUT2D eigenvalue weighted by Crippen LogP contribution is -2.25. The fourth-order valence-electron chi connectivity index (χ4n) is 3.24. The number of anilines is 2. The molecule has 2 aromatic rings. The summed E-state index contributed by atoms with van der Waals surface area (Å²) in [5, 5.41) is 5.63. The largest absolute Gasteiger partial charge is 0.494 e. The van der Waals surface area contributed by atoms with Crippen LogP contribution in [-0.4, -0.2) is 33.4 Å². The molecule has 0 saturated carbocycles. The Labute approximate surface area is 188 Å². The molecule has 0 spiro atoms. The number of fused-ring (bicyclic) bond motifs is 1. The monoisotopic (exact) mass is 457 g/mol. The zero-order valence-electron chi connectivity index (χ0n) is 17.7. The molecule has 0 saturated heterocycles. The van der Waals surface area contributed by atoms with Crippen LogP contribution in [0.4, 0.5) is 11.4 Å². The molecule has 0 atom stereocenters. The van der Waals surface area contributed by atoms with Crippen LogP contribution in [-0.2, 0) is 31.8 Å². The number of hydrogen-bond acceptors (Lipinski definition) is 5. The number of sulfonamides is 1. The molecule has 0 unspecified atom stereocenters. The molecular formula is C23H27N3O5S. The second kappa shape index (κ2) is 10.9. The summed E-state index contributed by atoms with van der Waals surface area (Å²) >= 11 is 0. The van der Waals surface area contributed by atoms with Crippen molar-refractivity contribution in [2.45, 2.75) is 31.4 Å². The molecule has 3 rings (SSSR count). The van der Waals surface area contributed by atoms with Crippen LogP contribution < -0.4 is 20.1 Å². The highest BCUT2D eigenvalue weighted by Crippen LogP contribution is 2.26. The van der Waals surface area contributed by atoms with Crippen LogP contribution in [0.25, 0.3) is 0 Å². The second-order valence-electron chi connectivity index (χ2n) is 7.46. The van der Waals surface area contributed by atoms with Crippen molar-refractivity contribution < 1.29 is 22.7 Å². The van der Waals surface area contributed by atoms with Gasteiger partial charge in [0.2, 0.25) is 21.8 Å². The van der Waals surface area contributed by atoms with E-state index < -0.39 is 10.0 Å².